The summed E-state index contributed by atoms with van der Waals surface area (Å²) in [5.41, 5.74) is 1.89. The third-order valence-electron chi connectivity index (χ3n) is 4.29. The first-order chi connectivity index (χ1) is 15.4. The molecule has 1 amide bonds. The standard InChI is InChI=1S/C21H13BrN4O4S2/c22-13-7-5-12(6-8-13)15-11-32-21(23-15)25-20(31)24-19(27)18-10-9-17(30-18)14-3-1-2-4-16(14)26(28)29/h1-11H,(H2,23,24,25,27,31). The monoisotopic (exact) mass is 528 g/mol. The molecule has 0 aliphatic heterocycles. The van der Waals surface area contributed by atoms with Crippen molar-refractivity contribution in [2.45, 2.75) is 0 Å². The van der Waals surface area contributed by atoms with Gasteiger partial charge in [0.15, 0.2) is 16.0 Å². The number of amides is 1. The number of furan rings is 1. The number of nitrogens with one attached hydrogen (secondary N) is 2. The molecule has 0 unspecified atom stereocenters. The zero-order chi connectivity index (χ0) is 22.7. The van der Waals surface area contributed by atoms with E-state index in [0.717, 1.165) is 15.7 Å². The molecule has 32 heavy (non-hydrogen) atoms. The number of anilines is 1. The third kappa shape index (κ3) is 4.90. The number of thiazole rings is 1. The van der Waals surface area contributed by atoms with Crippen LogP contribution in [0.2, 0.25) is 0 Å². The van der Waals surface area contributed by atoms with Gasteiger partial charge in [-0.3, -0.25) is 20.2 Å². The molecule has 0 radical (unpaired) electrons. The van der Waals surface area contributed by atoms with Gasteiger partial charge in [0.25, 0.3) is 11.6 Å². The summed E-state index contributed by atoms with van der Waals surface area (Å²) in [6.07, 6.45) is 0. The van der Waals surface area contributed by atoms with Crippen molar-refractivity contribution in [1.29, 1.82) is 0 Å². The van der Waals surface area contributed by atoms with Crippen LogP contribution < -0.4 is 10.6 Å². The lowest BCUT2D eigenvalue weighted by Gasteiger charge is -2.05. The van der Waals surface area contributed by atoms with Crippen LogP contribution in [0.15, 0.2) is 74.9 Å². The van der Waals surface area contributed by atoms with Gasteiger partial charge in [-0.25, -0.2) is 4.98 Å². The Kier molecular flexibility index (Phi) is 6.40. The molecule has 0 bridgehead atoms. The van der Waals surface area contributed by atoms with Gasteiger partial charge in [-0.2, -0.15) is 0 Å². The summed E-state index contributed by atoms with van der Waals surface area (Å²) >= 11 is 9.94. The first-order valence-electron chi connectivity index (χ1n) is 9.08. The van der Waals surface area contributed by atoms with E-state index in [9.17, 15) is 14.9 Å². The maximum atomic E-state index is 12.5. The number of nitrogens with zero attached hydrogens (tertiary/aromatic N) is 2. The van der Waals surface area contributed by atoms with Crippen LogP contribution in [0.3, 0.4) is 0 Å². The Balaban J connectivity index is 1.41. The lowest BCUT2D eigenvalue weighted by Crippen LogP contribution is -2.33. The Bertz CT molecular complexity index is 1320. The fraction of sp³-hybridized carbons (Fsp3) is 0. The predicted molar refractivity (Wildman–Crippen MR) is 130 cm³/mol. The van der Waals surface area contributed by atoms with E-state index in [1.165, 1.54) is 29.5 Å². The molecule has 2 aromatic carbocycles. The Morgan fingerprint density at radius 1 is 1.12 bits per heavy atom. The Hall–Kier alpha value is -3.41. The number of hydrogen-bond acceptors (Lipinski definition) is 7. The molecule has 2 aromatic heterocycles. The molecule has 4 aromatic rings. The van der Waals surface area contributed by atoms with Crippen LogP contribution in [0.5, 0.6) is 0 Å². The van der Waals surface area contributed by atoms with Crippen LogP contribution in [0.25, 0.3) is 22.6 Å². The molecule has 2 heterocycles. The highest BCUT2D eigenvalue weighted by atomic mass is 79.9. The lowest BCUT2D eigenvalue weighted by molar-refractivity contribution is -0.384. The number of halogens is 1. The van der Waals surface area contributed by atoms with E-state index in [4.69, 9.17) is 16.6 Å². The summed E-state index contributed by atoms with van der Waals surface area (Å²) < 4.78 is 6.50. The number of aromatic nitrogens is 1. The molecule has 0 aliphatic rings. The summed E-state index contributed by atoms with van der Waals surface area (Å²) in [6.45, 7) is 0. The number of thiocarbonyl (C=S) groups is 1. The molecule has 2 N–H and O–H groups in total. The quantitative estimate of drug-likeness (QED) is 0.189. The molecule has 0 aliphatic carbocycles. The van der Waals surface area contributed by atoms with Gasteiger partial charge >= 0.3 is 0 Å². The van der Waals surface area contributed by atoms with Gasteiger partial charge in [0.05, 0.1) is 16.2 Å². The van der Waals surface area contributed by atoms with Gasteiger partial charge in [-0.15, -0.1) is 11.3 Å². The Morgan fingerprint density at radius 2 is 1.88 bits per heavy atom. The third-order valence-corrected chi connectivity index (χ3v) is 5.78. The average Bonchev–Trinajstić information content (AvgIpc) is 3.44. The van der Waals surface area contributed by atoms with E-state index in [-0.39, 0.29) is 27.9 Å². The molecule has 0 saturated carbocycles. The minimum absolute atomic E-state index is 0.0306. The van der Waals surface area contributed by atoms with Gasteiger partial charge < -0.3 is 9.73 Å². The molecule has 11 heteroatoms. The van der Waals surface area contributed by atoms with Gasteiger partial charge in [0.2, 0.25) is 0 Å². The number of carbonyl (C=O) groups excluding carboxylic acids is 1. The topological polar surface area (TPSA) is 110 Å². The fourth-order valence-corrected chi connectivity index (χ4v) is 4.07. The second-order valence-corrected chi connectivity index (χ2v) is 8.57. The van der Waals surface area contributed by atoms with E-state index in [0.29, 0.717) is 5.13 Å². The number of rotatable bonds is 5. The zero-order valence-corrected chi connectivity index (χ0v) is 19.3. The SMILES string of the molecule is O=C(NC(=S)Nc1nc(-c2ccc(Br)cc2)cs1)c1ccc(-c2ccccc2[N+](=O)[O-])o1. The van der Waals surface area contributed by atoms with E-state index < -0.39 is 10.8 Å². The summed E-state index contributed by atoms with van der Waals surface area (Å²) in [5.74, 6) is -0.408. The van der Waals surface area contributed by atoms with Crippen molar-refractivity contribution >= 4 is 61.3 Å². The zero-order valence-electron chi connectivity index (χ0n) is 16.1. The molecule has 4 rings (SSSR count). The van der Waals surface area contributed by atoms with Crippen LogP contribution in [0.4, 0.5) is 10.8 Å². The van der Waals surface area contributed by atoms with Crippen molar-refractivity contribution in [1.82, 2.24) is 10.3 Å². The second-order valence-electron chi connectivity index (χ2n) is 6.39. The minimum Gasteiger partial charge on any atom is -0.451 e. The van der Waals surface area contributed by atoms with Crippen LogP contribution in [0, 0.1) is 10.1 Å². The highest BCUT2D eigenvalue weighted by Crippen LogP contribution is 2.31. The molecule has 0 atom stereocenters. The van der Waals surface area contributed by atoms with Crippen LogP contribution in [-0.2, 0) is 0 Å². The number of carbonyl (C=O) groups is 1. The lowest BCUT2D eigenvalue weighted by atomic mass is 10.1. The van der Waals surface area contributed by atoms with E-state index in [2.05, 4.69) is 31.5 Å². The average molecular weight is 529 g/mol. The van der Waals surface area contributed by atoms with Crippen LogP contribution in [0.1, 0.15) is 10.6 Å². The summed E-state index contributed by atoms with van der Waals surface area (Å²) in [5, 5.41) is 19.1. The number of benzene rings is 2. The van der Waals surface area contributed by atoms with Crippen molar-refractivity contribution in [3.63, 3.8) is 0 Å². The number of hydrogen-bond donors (Lipinski definition) is 2. The molecular weight excluding hydrogens is 516 g/mol. The molecule has 160 valence electrons. The van der Waals surface area contributed by atoms with Gasteiger partial charge in [-0.05, 0) is 42.5 Å². The Morgan fingerprint density at radius 3 is 2.62 bits per heavy atom. The molecule has 8 nitrogen and oxygen atoms in total. The van der Waals surface area contributed by atoms with E-state index in [1.54, 1.807) is 18.2 Å². The predicted octanol–water partition coefficient (Wildman–Crippen LogP) is 5.87. The number of nitro groups is 1. The van der Waals surface area contributed by atoms with Crippen LogP contribution in [-0.4, -0.2) is 20.9 Å². The fourth-order valence-electron chi connectivity index (χ4n) is 2.82. The van der Waals surface area contributed by atoms with Gasteiger partial charge in [0.1, 0.15) is 5.76 Å². The highest BCUT2D eigenvalue weighted by molar-refractivity contribution is 9.10. The molecule has 0 spiro atoms. The molecule has 0 fully saturated rings. The normalized spacial score (nSPS) is 10.5. The van der Waals surface area contributed by atoms with Crippen molar-refractivity contribution < 1.29 is 14.1 Å². The second kappa shape index (κ2) is 9.39. The van der Waals surface area contributed by atoms with Crippen molar-refractivity contribution in [2.75, 3.05) is 5.32 Å². The van der Waals surface area contributed by atoms with Gasteiger partial charge in [-0.1, -0.05) is 40.2 Å². The minimum atomic E-state index is -0.586. The smallest absolute Gasteiger partial charge is 0.293 e. The highest BCUT2D eigenvalue weighted by Gasteiger charge is 2.20. The van der Waals surface area contributed by atoms with E-state index >= 15 is 0 Å². The largest absolute Gasteiger partial charge is 0.451 e. The summed E-state index contributed by atoms with van der Waals surface area (Å²) in [7, 11) is 0. The maximum absolute atomic E-state index is 12.5. The summed E-state index contributed by atoms with van der Waals surface area (Å²) in [4.78, 5) is 27.7. The molecular formula is C21H13BrN4O4S2. The maximum Gasteiger partial charge on any atom is 0.293 e. The van der Waals surface area contributed by atoms with Crippen LogP contribution >= 0.6 is 39.5 Å². The van der Waals surface area contributed by atoms with Crippen molar-refractivity contribution in [3.8, 4) is 22.6 Å². The first-order valence-corrected chi connectivity index (χ1v) is 11.2. The van der Waals surface area contributed by atoms with Gasteiger partial charge in [0, 0.05) is 21.5 Å². The molecule has 0 saturated heterocycles. The number of nitro benzene ring substituents is 1. The van der Waals surface area contributed by atoms with Crippen molar-refractivity contribution in [2.24, 2.45) is 0 Å². The summed E-state index contributed by atoms with van der Waals surface area (Å²) in [6, 6.07) is 16.8. The van der Waals surface area contributed by atoms with Crippen molar-refractivity contribution in [3.05, 3.63) is 86.4 Å². The van der Waals surface area contributed by atoms with E-state index in [1.807, 2.05) is 29.6 Å². The Labute approximate surface area is 199 Å². The first kappa shape index (κ1) is 21.8. The number of para-hydroxylation sites is 1.